The van der Waals surface area contributed by atoms with Crippen LogP contribution in [0.3, 0.4) is 0 Å². The molecule has 0 aromatic heterocycles. The molecule has 2 unspecified atom stereocenters. The molecule has 1 aromatic rings. The van der Waals surface area contributed by atoms with Gasteiger partial charge in [-0.3, -0.25) is 0 Å². The lowest BCUT2D eigenvalue weighted by atomic mass is 10.2. The Labute approximate surface area is 140 Å². The van der Waals surface area contributed by atoms with Gasteiger partial charge in [0.15, 0.2) is 9.84 Å². The van der Waals surface area contributed by atoms with Crippen LogP contribution in [0.4, 0.5) is 0 Å². The number of morpholine rings is 1. The van der Waals surface area contributed by atoms with E-state index in [4.69, 9.17) is 21.1 Å². The predicted molar refractivity (Wildman–Crippen MR) is 84.1 cm³/mol. The van der Waals surface area contributed by atoms with Crippen LogP contribution in [0.15, 0.2) is 23.1 Å². The van der Waals surface area contributed by atoms with E-state index in [1.54, 1.807) is 0 Å². The zero-order valence-electron chi connectivity index (χ0n) is 12.3. The third-order valence-electron chi connectivity index (χ3n) is 4.02. The van der Waals surface area contributed by atoms with Crippen molar-refractivity contribution in [2.24, 2.45) is 0 Å². The molecule has 0 bridgehead atoms. The second-order valence-electron chi connectivity index (χ2n) is 5.47. The van der Waals surface area contributed by atoms with Crippen LogP contribution in [0.25, 0.3) is 0 Å². The first-order valence-electron chi connectivity index (χ1n) is 6.92. The van der Waals surface area contributed by atoms with Crippen molar-refractivity contribution in [3.05, 3.63) is 23.2 Å². The largest absolute Gasteiger partial charge is 0.495 e. The molecule has 23 heavy (non-hydrogen) atoms. The highest BCUT2D eigenvalue weighted by Crippen LogP contribution is 2.32. The van der Waals surface area contributed by atoms with Crippen LogP contribution < -0.4 is 4.74 Å². The van der Waals surface area contributed by atoms with Crippen molar-refractivity contribution in [2.75, 3.05) is 31.8 Å². The molecule has 128 valence electrons. The Balaban J connectivity index is 1.97. The lowest BCUT2D eigenvalue weighted by Gasteiger charge is -2.35. The fourth-order valence-corrected chi connectivity index (χ4v) is 6.87. The molecule has 2 aliphatic rings. The highest BCUT2D eigenvalue weighted by Gasteiger charge is 2.48. The third-order valence-corrected chi connectivity index (χ3v) is 7.92. The molecule has 2 atom stereocenters. The molecule has 0 aliphatic carbocycles. The average Bonchev–Trinajstić information content (AvgIpc) is 2.80. The average molecular weight is 382 g/mol. The maximum absolute atomic E-state index is 12.9. The summed E-state index contributed by atoms with van der Waals surface area (Å²) < 4.78 is 61.0. The molecule has 0 radical (unpaired) electrons. The Kier molecular flexibility index (Phi) is 4.35. The van der Waals surface area contributed by atoms with E-state index in [2.05, 4.69) is 0 Å². The van der Waals surface area contributed by atoms with Gasteiger partial charge in [-0.05, 0) is 18.2 Å². The fraction of sp³-hybridized carbons (Fsp3) is 0.538. The van der Waals surface area contributed by atoms with Crippen LogP contribution in [0.1, 0.15) is 0 Å². The third kappa shape index (κ3) is 3.08. The minimum absolute atomic E-state index is 0.00764. The zero-order chi connectivity index (χ0) is 16.8. The van der Waals surface area contributed by atoms with Gasteiger partial charge >= 0.3 is 0 Å². The van der Waals surface area contributed by atoms with E-state index in [-0.39, 0.29) is 34.6 Å². The van der Waals surface area contributed by atoms with Crippen LogP contribution in [-0.2, 0) is 24.6 Å². The van der Waals surface area contributed by atoms with Gasteiger partial charge in [-0.1, -0.05) is 11.6 Å². The molecule has 3 rings (SSSR count). The molecular weight excluding hydrogens is 366 g/mol. The summed E-state index contributed by atoms with van der Waals surface area (Å²) in [5.41, 5.74) is 0. The number of nitrogens with zero attached hydrogens (tertiary/aromatic N) is 1. The number of hydrogen-bond donors (Lipinski definition) is 0. The number of rotatable bonds is 3. The number of halogens is 1. The van der Waals surface area contributed by atoms with Gasteiger partial charge in [0.2, 0.25) is 10.0 Å². The summed E-state index contributed by atoms with van der Waals surface area (Å²) >= 11 is 6.00. The first-order valence-corrected chi connectivity index (χ1v) is 10.6. The normalized spacial score (nSPS) is 27.6. The quantitative estimate of drug-likeness (QED) is 0.758. The second-order valence-corrected chi connectivity index (χ2v) is 9.92. The first-order chi connectivity index (χ1) is 10.7. The summed E-state index contributed by atoms with van der Waals surface area (Å²) in [5, 5.41) is 0.178. The smallest absolute Gasteiger partial charge is 0.243 e. The van der Waals surface area contributed by atoms with Gasteiger partial charge in [0.05, 0.1) is 47.3 Å². The van der Waals surface area contributed by atoms with E-state index in [1.807, 2.05) is 0 Å². The SMILES string of the molecule is COc1ccc(S(=O)(=O)N2CCOC3CS(=O)(=O)CC32)cc1Cl. The number of sulfonamides is 1. The van der Waals surface area contributed by atoms with Crippen molar-refractivity contribution in [3.63, 3.8) is 0 Å². The first kappa shape index (κ1) is 17.0. The van der Waals surface area contributed by atoms with Crippen LogP contribution >= 0.6 is 11.6 Å². The monoisotopic (exact) mass is 381 g/mol. The van der Waals surface area contributed by atoms with E-state index in [0.29, 0.717) is 5.75 Å². The molecule has 2 fully saturated rings. The fourth-order valence-electron chi connectivity index (χ4n) is 2.93. The van der Waals surface area contributed by atoms with E-state index >= 15 is 0 Å². The molecule has 10 heteroatoms. The van der Waals surface area contributed by atoms with E-state index < -0.39 is 32.0 Å². The summed E-state index contributed by atoms with van der Waals surface area (Å²) in [5.74, 6) is 0.00214. The van der Waals surface area contributed by atoms with E-state index in [0.717, 1.165) is 0 Å². The minimum Gasteiger partial charge on any atom is -0.495 e. The zero-order valence-corrected chi connectivity index (χ0v) is 14.7. The summed E-state index contributed by atoms with van der Waals surface area (Å²) in [6.45, 7) is 0.280. The van der Waals surface area contributed by atoms with Crippen molar-refractivity contribution in [2.45, 2.75) is 17.0 Å². The number of benzene rings is 1. The molecule has 2 aliphatic heterocycles. The van der Waals surface area contributed by atoms with Gasteiger partial charge in [-0.15, -0.1) is 0 Å². The van der Waals surface area contributed by atoms with Gasteiger partial charge in [-0.25, -0.2) is 16.8 Å². The van der Waals surface area contributed by atoms with Crippen LogP contribution in [0, 0.1) is 0 Å². The van der Waals surface area contributed by atoms with Crippen molar-refractivity contribution in [1.29, 1.82) is 0 Å². The number of hydrogen-bond acceptors (Lipinski definition) is 6. The van der Waals surface area contributed by atoms with Crippen molar-refractivity contribution in [1.82, 2.24) is 4.31 Å². The summed E-state index contributed by atoms with van der Waals surface area (Å²) in [6.07, 6.45) is -0.614. The van der Waals surface area contributed by atoms with Crippen LogP contribution in [0.5, 0.6) is 5.75 Å². The molecule has 0 amide bonds. The molecule has 1 aromatic carbocycles. The molecule has 2 heterocycles. The van der Waals surface area contributed by atoms with Crippen LogP contribution in [-0.4, -0.2) is 65.1 Å². The Morgan fingerprint density at radius 3 is 2.74 bits per heavy atom. The summed E-state index contributed by atoms with van der Waals surface area (Å²) in [4.78, 5) is 0.00764. The van der Waals surface area contributed by atoms with Gasteiger partial charge in [0.1, 0.15) is 5.75 Å². The summed E-state index contributed by atoms with van der Waals surface area (Å²) in [7, 11) is -5.73. The molecule has 0 saturated carbocycles. The van der Waals surface area contributed by atoms with E-state index in [1.165, 1.54) is 29.6 Å². The van der Waals surface area contributed by atoms with Gasteiger partial charge in [-0.2, -0.15) is 4.31 Å². The number of methoxy groups -OCH3 is 1. The standard InChI is InChI=1S/C13H16ClNO6S2/c1-20-12-3-2-9(6-10(12)14)23(18,19)15-4-5-21-13-8-22(16,17)7-11(13)15/h2-3,6,11,13H,4-5,7-8H2,1H3. The van der Waals surface area contributed by atoms with Crippen molar-refractivity contribution < 1.29 is 26.3 Å². The highest BCUT2D eigenvalue weighted by atomic mass is 35.5. The highest BCUT2D eigenvalue weighted by molar-refractivity contribution is 7.92. The number of sulfone groups is 1. The molecule has 0 spiro atoms. The Morgan fingerprint density at radius 2 is 2.09 bits per heavy atom. The molecular formula is C13H16ClNO6S2. The Bertz CT molecular complexity index is 823. The second kappa shape index (κ2) is 5.89. The lowest BCUT2D eigenvalue weighted by Crippen LogP contribution is -2.53. The topological polar surface area (TPSA) is 90.0 Å². The van der Waals surface area contributed by atoms with E-state index in [9.17, 15) is 16.8 Å². The lowest BCUT2D eigenvalue weighted by molar-refractivity contribution is -0.0141. The summed E-state index contributed by atoms with van der Waals surface area (Å²) in [6, 6.07) is 3.48. The molecule has 7 nitrogen and oxygen atoms in total. The van der Waals surface area contributed by atoms with Crippen molar-refractivity contribution in [3.8, 4) is 5.75 Å². The Hall–Kier alpha value is -0.870. The number of ether oxygens (including phenoxy) is 2. The van der Waals surface area contributed by atoms with Gasteiger partial charge in [0.25, 0.3) is 0 Å². The van der Waals surface area contributed by atoms with Crippen LogP contribution in [0.2, 0.25) is 5.02 Å². The van der Waals surface area contributed by atoms with Gasteiger partial charge in [0, 0.05) is 6.54 Å². The minimum atomic E-state index is -3.87. The van der Waals surface area contributed by atoms with Crippen molar-refractivity contribution >= 4 is 31.5 Å². The molecule has 2 saturated heterocycles. The predicted octanol–water partition coefficient (Wildman–Crippen LogP) is 0.535. The maximum Gasteiger partial charge on any atom is 0.243 e. The molecule has 0 N–H and O–H groups in total. The maximum atomic E-state index is 12.9. The number of fused-ring (bicyclic) bond motifs is 1. The Morgan fingerprint density at radius 1 is 1.35 bits per heavy atom. The van der Waals surface area contributed by atoms with Gasteiger partial charge < -0.3 is 9.47 Å².